The Morgan fingerprint density at radius 1 is 0.906 bits per heavy atom. The standard InChI is InChI=1S/C24H22FNO6/c1-29-19-10-11-22(30-2)21(13-19)26-23(27)15-32-24(28)17-4-3-5-20(12-17)31-14-16-6-8-18(25)9-7-16/h3-13H,14-15H2,1-2H3,(H,26,27). The summed E-state index contributed by atoms with van der Waals surface area (Å²) in [5, 5.41) is 2.62. The number of halogens is 1. The van der Waals surface area contributed by atoms with Crippen molar-refractivity contribution in [3.63, 3.8) is 0 Å². The number of ether oxygens (including phenoxy) is 4. The first-order valence-corrected chi connectivity index (χ1v) is 9.65. The molecule has 0 bridgehead atoms. The number of amides is 1. The van der Waals surface area contributed by atoms with Crippen molar-refractivity contribution in [2.24, 2.45) is 0 Å². The van der Waals surface area contributed by atoms with E-state index in [2.05, 4.69) is 5.32 Å². The van der Waals surface area contributed by atoms with Crippen LogP contribution in [0.15, 0.2) is 66.7 Å². The summed E-state index contributed by atoms with van der Waals surface area (Å²) < 4.78 is 34.1. The van der Waals surface area contributed by atoms with Crippen LogP contribution in [0, 0.1) is 5.82 Å². The van der Waals surface area contributed by atoms with E-state index in [4.69, 9.17) is 18.9 Å². The van der Waals surface area contributed by atoms with E-state index in [-0.39, 0.29) is 18.0 Å². The van der Waals surface area contributed by atoms with E-state index in [1.54, 1.807) is 48.5 Å². The maximum Gasteiger partial charge on any atom is 0.338 e. The van der Waals surface area contributed by atoms with Crippen molar-refractivity contribution in [2.75, 3.05) is 26.1 Å². The lowest BCUT2D eigenvalue weighted by Gasteiger charge is -2.12. The molecular formula is C24H22FNO6. The molecule has 0 aliphatic heterocycles. The fourth-order valence-corrected chi connectivity index (χ4v) is 2.77. The second-order valence-electron chi connectivity index (χ2n) is 6.63. The molecule has 0 unspecified atom stereocenters. The van der Waals surface area contributed by atoms with E-state index in [0.29, 0.717) is 22.9 Å². The smallest absolute Gasteiger partial charge is 0.338 e. The first-order chi connectivity index (χ1) is 15.5. The number of hydrogen-bond donors (Lipinski definition) is 1. The largest absolute Gasteiger partial charge is 0.497 e. The Balaban J connectivity index is 1.55. The predicted octanol–water partition coefficient (Wildman–Crippen LogP) is 4.22. The zero-order valence-electron chi connectivity index (χ0n) is 17.6. The molecular weight excluding hydrogens is 417 g/mol. The molecule has 0 atom stereocenters. The number of carbonyl (C=O) groups excluding carboxylic acids is 2. The van der Waals surface area contributed by atoms with Crippen molar-refractivity contribution in [3.05, 3.63) is 83.7 Å². The fraction of sp³-hybridized carbons (Fsp3) is 0.167. The molecule has 0 aliphatic rings. The van der Waals surface area contributed by atoms with Crippen molar-refractivity contribution in [1.82, 2.24) is 0 Å². The second-order valence-corrected chi connectivity index (χ2v) is 6.63. The normalized spacial score (nSPS) is 10.2. The van der Waals surface area contributed by atoms with Gasteiger partial charge in [0.05, 0.1) is 25.5 Å². The summed E-state index contributed by atoms with van der Waals surface area (Å²) in [6, 6.07) is 17.2. The van der Waals surface area contributed by atoms with Gasteiger partial charge in [0.15, 0.2) is 6.61 Å². The van der Waals surface area contributed by atoms with Crippen molar-refractivity contribution in [3.8, 4) is 17.2 Å². The Labute approximate surface area is 184 Å². The van der Waals surface area contributed by atoms with Crippen LogP contribution < -0.4 is 19.5 Å². The third-order valence-corrected chi connectivity index (χ3v) is 4.40. The molecule has 0 aromatic heterocycles. The van der Waals surface area contributed by atoms with Crippen LogP contribution in [0.1, 0.15) is 15.9 Å². The summed E-state index contributed by atoms with van der Waals surface area (Å²) in [6.07, 6.45) is 0. The number of nitrogens with one attached hydrogen (secondary N) is 1. The number of hydrogen-bond acceptors (Lipinski definition) is 6. The third-order valence-electron chi connectivity index (χ3n) is 4.40. The van der Waals surface area contributed by atoms with Crippen LogP contribution in [0.25, 0.3) is 0 Å². The Morgan fingerprint density at radius 2 is 1.69 bits per heavy atom. The zero-order chi connectivity index (χ0) is 22.9. The van der Waals surface area contributed by atoms with Gasteiger partial charge in [0.1, 0.15) is 29.7 Å². The van der Waals surface area contributed by atoms with E-state index >= 15 is 0 Å². The van der Waals surface area contributed by atoms with Crippen LogP contribution >= 0.6 is 0 Å². The molecule has 0 fully saturated rings. The van der Waals surface area contributed by atoms with E-state index in [9.17, 15) is 14.0 Å². The second kappa shape index (κ2) is 10.8. The molecule has 1 amide bonds. The highest BCUT2D eigenvalue weighted by molar-refractivity contribution is 5.96. The van der Waals surface area contributed by atoms with Crippen molar-refractivity contribution < 1.29 is 32.9 Å². The minimum atomic E-state index is -0.676. The van der Waals surface area contributed by atoms with Gasteiger partial charge in [0.2, 0.25) is 0 Å². The predicted molar refractivity (Wildman–Crippen MR) is 116 cm³/mol. The van der Waals surface area contributed by atoms with Gasteiger partial charge in [-0.3, -0.25) is 4.79 Å². The molecule has 1 N–H and O–H groups in total. The lowest BCUT2D eigenvalue weighted by molar-refractivity contribution is -0.119. The molecule has 32 heavy (non-hydrogen) atoms. The third kappa shape index (κ3) is 6.21. The summed E-state index contributed by atoms with van der Waals surface area (Å²) in [4.78, 5) is 24.6. The van der Waals surface area contributed by atoms with Crippen LogP contribution in [0.3, 0.4) is 0 Å². The van der Waals surface area contributed by atoms with E-state index in [1.807, 2.05) is 0 Å². The van der Waals surface area contributed by atoms with Crippen molar-refractivity contribution in [1.29, 1.82) is 0 Å². The van der Waals surface area contributed by atoms with Gasteiger partial charge in [0, 0.05) is 6.07 Å². The zero-order valence-corrected chi connectivity index (χ0v) is 17.6. The van der Waals surface area contributed by atoms with Crippen LogP contribution in [-0.2, 0) is 16.1 Å². The van der Waals surface area contributed by atoms with Crippen LogP contribution in [0.4, 0.5) is 10.1 Å². The number of anilines is 1. The summed E-state index contributed by atoms with van der Waals surface area (Å²) in [6.45, 7) is -0.274. The minimum Gasteiger partial charge on any atom is -0.497 e. The molecule has 8 heteroatoms. The van der Waals surface area contributed by atoms with Gasteiger partial charge in [-0.15, -0.1) is 0 Å². The van der Waals surface area contributed by atoms with Gasteiger partial charge in [0.25, 0.3) is 5.91 Å². The maximum atomic E-state index is 13.0. The molecule has 0 saturated carbocycles. The van der Waals surface area contributed by atoms with Crippen LogP contribution in [-0.4, -0.2) is 32.7 Å². The van der Waals surface area contributed by atoms with Crippen LogP contribution in [0.5, 0.6) is 17.2 Å². The van der Waals surface area contributed by atoms with Crippen molar-refractivity contribution >= 4 is 17.6 Å². The first-order valence-electron chi connectivity index (χ1n) is 9.65. The van der Waals surface area contributed by atoms with Gasteiger partial charge in [-0.05, 0) is 48.0 Å². The number of rotatable bonds is 9. The Bertz CT molecular complexity index is 1080. The minimum absolute atomic E-state index is 0.212. The summed E-state index contributed by atoms with van der Waals surface area (Å²) >= 11 is 0. The number of esters is 1. The molecule has 0 saturated heterocycles. The highest BCUT2D eigenvalue weighted by atomic mass is 19.1. The quantitative estimate of drug-likeness (QED) is 0.503. The van der Waals surface area contributed by atoms with E-state index in [1.165, 1.54) is 32.4 Å². The highest BCUT2D eigenvalue weighted by Crippen LogP contribution is 2.28. The van der Waals surface area contributed by atoms with Crippen molar-refractivity contribution in [2.45, 2.75) is 6.61 Å². The van der Waals surface area contributed by atoms with Gasteiger partial charge in [-0.25, -0.2) is 9.18 Å². The molecule has 7 nitrogen and oxygen atoms in total. The highest BCUT2D eigenvalue weighted by Gasteiger charge is 2.14. The van der Waals surface area contributed by atoms with E-state index < -0.39 is 18.5 Å². The summed E-state index contributed by atoms with van der Waals surface area (Å²) in [5.41, 5.74) is 1.40. The van der Waals surface area contributed by atoms with Gasteiger partial charge < -0.3 is 24.3 Å². The average molecular weight is 439 g/mol. The Hall–Kier alpha value is -4.07. The van der Waals surface area contributed by atoms with Gasteiger partial charge in [-0.1, -0.05) is 18.2 Å². The molecule has 0 heterocycles. The first kappa shape index (κ1) is 22.6. The molecule has 0 radical (unpaired) electrons. The molecule has 0 aliphatic carbocycles. The molecule has 3 aromatic carbocycles. The Morgan fingerprint density at radius 3 is 2.41 bits per heavy atom. The summed E-state index contributed by atoms with van der Waals surface area (Å²) in [5.74, 6) is -0.118. The maximum absolute atomic E-state index is 13.0. The molecule has 3 aromatic rings. The topological polar surface area (TPSA) is 83.1 Å². The average Bonchev–Trinajstić information content (AvgIpc) is 2.82. The number of carbonyl (C=O) groups is 2. The monoisotopic (exact) mass is 439 g/mol. The molecule has 3 rings (SSSR count). The molecule has 0 spiro atoms. The lowest BCUT2D eigenvalue weighted by Crippen LogP contribution is -2.21. The number of methoxy groups -OCH3 is 2. The lowest BCUT2D eigenvalue weighted by atomic mass is 10.2. The summed E-state index contributed by atoms with van der Waals surface area (Å²) in [7, 11) is 2.98. The molecule has 166 valence electrons. The van der Waals surface area contributed by atoms with Crippen LogP contribution in [0.2, 0.25) is 0 Å². The Kier molecular flexibility index (Phi) is 7.64. The van der Waals surface area contributed by atoms with Gasteiger partial charge in [-0.2, -0.15) is 0 Å². The fourth-order valence-electron chi connectivity index (χ4n) is 2.77. The van der Waals surface area contributed by atoms with E-state index in [0.717, 1.165) is 5.56 Å². The number of benzene rings is 3. The van der Waals surface area contributed by atoms with Gasteiger partial charge >= 0.3 is 5.97 Å². The SMILES string of the molecule is COc1ccc(OC)c(NC(=O)COC(=O)c2cccc(OCc3ccc(F)cc3)c2)c1.